The van der Waals surface area contributed by atoms with Gasteiger partial charge in [0.05, 0.1) is 0 Å². The van der Waals surface area contributed by atoms with E-state index < -0.39 is 0 Å². The highest BCUT2D eigenvalue weighted by Gasteiger charge is 2.23. The molecule has 0 aliphatic carbocycles. The number of hydrogen-bond donors (Lipinski definition) is 1. The van der Waals surface area contributed by atoms with Crippen LogP contribution >= 0.6 is 0 Å². The van der Waals surface area contributed by atoms with Crippen LogP contribution < -0.4 is 5.32 Å². The summed E-state index contributed by atoms with van der Waals surface area (Å²) in [6.07, 6.45) is 0. The quantitative estimate of drug-likeness (QED) is 0.877. The van der Waals surface area contributed by atoms with E-state index >= 15 is 0 Å². The summed E-state index contributed by atoms with van der Waals surface area (Å²) in [5.41, 5.74) is 2.66. The van der Waals surface area contributed by atoms with E-state index in [1.54, 1.807) is 6.07 Å². The van der Waals surface area contributed by atoms with Crippen molar-refractivity contribution in [3.05, 3.63) is 47.4 Å². The summed E-state index contributed by atoms with van der Waals surface area (Å²) >= 11 is 0. The van der Waals surface area contributed by atoms with Crippen molar-refractivity contribution in [2.75, 3.05) is 38.0 Å². The third-order valence-electron chi connectivity index (χ3n) is 5.16. The number of anilines is 2. The van der Waals surface area contributed by atoms with E-state index in [9.17, 15) is 4.79 Å². The van der Waals surface area contributed by atoms with Crippen LogP contribution in [0.2, 0.25) is 0 Å². The molecule has 1 amide bonds. The first-order valence-electron chi connectivity index (χ1n) is 10.0. The van der Waals surface area contributed by atoms with Gasteiger partial charge in [0.1, 0.15) is 17.3 Å². The monoisotopic (exact) mass is 381 g/mol. The number of amides is 1. The first-order valence-corrected chi connectivity index (χ1v) is 10.0. The molecular formula is C22H31N5O. The maximum absolute atomic E-state index is 13.0. The van der Waals surface area contributed by atoms with E-state index in [2.05, 4.69) is 53.9 Å². The van der Waals surface area contributed by atoms with Crippen LogP contribution in [-0.2, 0) is 5.41 Å². The molecule has 1 aromatic heterocycles. The number of likely N-dealkylation sites (N-methyl/N-ethyl adjacent to an activating group) is 1. The fourth-order valence-electron chi connectivity index (χ4n) is 3.55. The molecule has 28 heavy (non-hydrogen) atoms. The lowest BCUT2D eigenvalue weighted by Crippen LogP contribution is -2.48. The number of nitrogens with zero attached hydrogens (tertiary/aromatic N) is 4. The summed E-state index contributed by atoms with van der Waals surface area (Å²) in [6.45, 7) is 14.9. The predicted molar refractivity (Wildman–Crippen MR) is 113 cm³/mol. The molecule has 1 aliphatic heterocycles. The zero-order valence-corrected chi connectivity index (χ0v) is 17.6. The van der Waals surface area contributed by atoms with Crippen LogP contribution in [0.4, 0.5) is 11.5 Å². The van der Waals surface area contributed by atoms with Crippen molar-refractivity contribution < 1.29 is 4.79 Å². The zero-order valence-electron chi connectivity index (χ0n) is 17.6. The molecule has 1 fully saturated rings. The Labute approximate surface area is 168 Å². The molecule has 1 N–H and O–H groups in total. The molecule has 0 spiro atoms. The fraction of sp³-hybridized carbons (Fsp3) is 0.500. The Morgan fingerprint density at radius 2 is 1.79 bits per heavy atom. The molecule has 3 rings (SSSR count). The van der Waals surface area contributed by atoms with E-state index in [0.717, 1.165) is 38.4 Å². The third kappa shape index (κ3) is 4.68. The van der Waals surface area contributed by atoms with Gasteiger partial charge in [0, 0.05) is 37.9 Å². The molecule has 0 atom stereocenters. The lowest BCUT2D eigenvalue weighted by Gasteiger charge is -2.33. The normalized spacial score (nSPS) is 15.5. The second-order valence-corrected chi connectivity index (χ2v) is 8.33. The number of hydrogen-bond acceptors (Lipinski definition) is 5. The summed E-state index contributed by atoms with van der Waals surface area (Å²) in [5.74, 6) is 1.22. The maximum atomic E-state index is 13.0. The number of nitrogens with one attached hydrogen (secondary N) is 1. The molecule has 0 unspecified atom stereocenters. The van der Waals surface area contributed by atoms with Crippen molar-refractivity contribution in [2.24, 2.45) is 0 Å². The van der Waals surface area contributed by atoms with Crippen molar-refractivity contribution >= 4 is 17.4 Å². The Morgan fingerprint density at radius 1 is 1.11 bits per heavy atom. The number of aryl methyl sites for hydroxylation is 1. The number of benzene rings is 1. The highest BCUT2D eigenvalue weighted by atomic mass is 16.2. The van der Waals surface area contributed by atoms with Gasteiger partial charge in [-0.1, -0.05) is 45.9 Å². The number of aromatic nitrogens is 2. The van der Waals surface area contributed by atoms with Gasteiger partial charge in [-0.15, -0.1) is 0 Å². The number of rotatable bonds is 4. The minimum Gasteiger partial charge on any atom is -0.340 e. The second kappa shape index (κ2) is 8.27. The van der Waals surface area contributed by atoms with Crippen molar-refractivity contribution in [1.29, 1.82) is 0 Å². The molecule has 150 valence electrons. The van der Waals surface area contributed by atoms with Crippen LogP contribution in [-0.4, -0.2) is 58.4 Å². The highest BCUT2D eigenvalue weighted by molar-refractivity contribution is 5.93. The highest BCUT2D eigenvalue weighted by Crippen LogP contribution is 2.31. The van der Waals surface area contributed by atoms with Crippen LogP contribution in [0.1, 0.15) is 49.6 Å². The first kappa shape index (κ1) is 20.3. The van der Waals surface area contributed by atoms with Gasteiger partial charge in [-0.05, 0) is 30.5 Å². The summed E-state index contributed by atoms with van der Waals surface area (Å²) in [7, 11) is 0. The van der Waals surface area contributed by atoms with Gasteiger partial charge < -0.3 is 15.1 Å². The minimum absolute atomic E-state index is 0.00324. The lowest BCUT2D eigenvalue weighted by molar-refractivity contribution is 0.0637. The van der Waals surface area contributed by atoms with Crippen molar-refractivity contribution in [1.82, 2.24) is 19.8 Å². The van der Waals surface area contributed by atoms with E-state index in [0.29, 0.717) is 17.3 Å². The largest absolute Gasteiger partial charge is 0.340 e. The second-order valence-electron chi connectivity index (χ2n) is 8.33. The molecule has 6 nitrogen and oxygen atoms in total. The summed E-state index contributed by atoms with van der Waals surface area (Å²) < 4.78 is 0. The molecule has 2 heterocycles. The van der Waals surface area contributed by atoms with E-state index in [4.69, 9.17) is 0 Å². The van der Waals surface area contributed by atoms with Gasteiger partial charge in [-0.25, -0.2) is 9.97 Å². The Balaban J connectivity index is 1.82. The Hall–Kier alpha value is -2.47. The van der Waals surface area contributed by atoms with Crippen LogP contribution in [0, 0.1) is 6.92 Å². The van der Waals surface area contributed by atoms with Crippen LogP contribution in [0.3, 0.4) is 0 Å². The van der Waals surface area contributed by atoms with E-state index in [-0.39, 0.29) is 11.3 Å². The Kier molecular flexibility index (Phi) is 5.98. The lowest BCUT2D eigenvalue weighted by atomic mass is 9.86. The standard InChI is InChI=1S/C22H31N5O/c1-6-26-11-13-27(14-12-26)21(28)19-15-20(24-16(2)23-19)25-18-10-8-7-9-17(18)22(3,4)5/h7-10,15H,6,11-14H2,1-5H3,(H,23,24,25). The molecule has 1 aliphatic rings. The predicted octanol–water partition coefficient (Wildman–Crippen LogP) is 3.60. The van der Waals surface area contributed by atoms with Crippen molar-refractivity contribution in [2.45, 2.75) is 40.0 Å². The van der Waals surface area contributed by atoms with Crippen LogP contribution in [0.25, 0.3) is 0 Å². The molecule has 2 aromatic rings. The molecule has 1 aromatic carbocycles. The molecular weight excluding hydrogens is 350 g/mol. The molecule has 0 bridgehead atoms. The van der Waals surface area contributed by atoms with E-state index in [1.807, 2.05) is 30.0 Å². The van der Waals surface area contributed by atoms with Gasteiger partial charge in [0.2, 0.25) is 0 Å². The summed E-state index contributed by atoms with van der Waals surface area (Å²) in [4.78, 5) is 26.1. The number of para-hydroxylation sites is 1. The first-order chi connectivity index (χ1) is 13.3. The summed E-state index contributed by atoms with van der Waals surface area (Å²) in [5, 5.41) is 3.40. The SMILES string of the molecule is CCN1CCN(C(=O)c2cc(Nc3ccccc3C(C)(C)C)nc(C)n2)CC1. The third-order valence-corrected chi connectivity index (χ3v) is 5.16. The average Bonchev–Trinajstić information content (AvgIpc) is 2.66. The molecule has 0 saturated carbocycles. The average molecular weight is 382 g/mol. The van der Waals surface area contributed by atoms with Gasteiger partial charge in [-0.2, -0.15) is 0 Å². The smallest absolute Gasteiger partial charge is 0.272 e. The molecule has 1 saturated heterocycles. The maximum Gasteiger partial charge on any atom is 0.272 e. The fourth-order valence-corrected chi connectivity index (χ4v) is 3.55. The number of carbonyl (C=O) groups excluding carboxylic acids is 1. The van der Waals surface area contributed by atoms with Crippen molar-refractivity contribution in [3.63, 3.8) is 0 Å². The molecule has 6 heteroatoms. The topological polar surface area (TPSA) is 61.4 Å². The van der Waals surface area contributed by atoms with Gasteiger partial charge >= 0.3 is 0 Å². The van der Waals surface area contributed by atoms with Gasteiger partial charge in [0.25, 0.3) is 5.91 Å². The Bertz CT molecular complexity index is 835. The van der Waals surface area contributed by atoms with Gasteiger partial charge in [-0.3, -0.25) is 4.79 Å². The number of carbonyl (C=O) groups is 1. The minimum atomic E-state index is -0.0200. The number of piperazine rings is 1. The Morgan fingerprint density at radius 3 is 2.43 bits per heavy atom. The van der Waals surface area contributed by atoms with Crippen LogP contribution in [0.15, 0.2) is 30.3 Å². The van der Waals surface area contributed by atoms with Crippen molar-refractivity contribution in [3.8, 4) is 0 Å². The molecule has 0 radical (unpaired) electrons. The van der Waals surface area contributed by atoms with Crippen LogP contribution in [0.5, 0.6) is 0 Å². The summed E-state index contributed by atoms with van der Waals surface area (Å²) in [6, 6.07) is 9.98. The van der Waals surface area contributed by atoms with Gasteiger partial charge in [0.15, 0.2) is 0 Å². The van der Waals surface area contributed by atoms with E-state index in [1.165, 1.54) is 5.56 Å². The zero-order chi connectivity index (χ0) is 20.3.